The lowest BCUT2D eigenvalue weighted by Gasteiger charge is -2.30. The van der Waals surface area contributed by atoms with Crippen molar-refractivity contribution in [2.45, 2.75) is 57.9 Å². The fraction of sp³-hybridized carbons (Fsp3) is 0.524. The van der Waals surface area contributed by atoms with E-state index in [1.165, 1.54) is 0 Å². The van der Waals surface area contributed by atoms with E-state index in [9.17, 15) is 4.79 Å². The molecule has 6 heteroatoms. The highest BCUT2D eigenvalue weighted by molar-refractivity contribution is 5.89. The van der Waals surface area contributed by atoms with Gasteiger partial charge in [0, 0.05) is 11.3 Å². The smallest absolute Gasteiger partial charge is 0.231 e. The van der Waals surface area contributed by atoms with Gasteiger partial charge in [-0.3, -0.25) is 9.89 Å². The number of methoxy groups -OCH3 is 2. The van der Waals surface area contributed by atoms with Crippen LogP contribution in [0.2, 0.25) is 0 Å². The van der Waals surface area contributed by atoms with E-state index in [2.05, 4.69) is 15.5 Å². The van der Waals surface area contributed by atoms with Crippen molar-refractivity contribution in [1.29, 1.82) is 0 Å². The van der Waals surface area contributed by atoms with Crippen LogP contribution < -0.4 is 14.8 Å². The number of aryl methyl sites for hydroxylation is 2. The van der Waals surface area contributed by atoms with E-state index in [-0.39, 0.29) is 11.9 Å². The minimum absolute atomic E-state index is 0.0692. The molecule has 2 aromatic rings. The third-order valence-corrected chi connectivity index (χ3v) is 5.79. The Morgan fingerprint density at radius 3 is 2.41 bits per heavy atom. The van der Waals surface area contributed by atoms with Gasteiger partial charge in [0.1, 0.15) is 0 Å². The first-order chi connectivity index (χ1) is 12.9. The molecule has 1 fully saturated rings. The molecule has 27 heavy (non-hydrogen) atoms. The van der Waals surface area contributed by atoms with Gasteiger partial charge >= 0.3 is 0 Å². The number of aromatic amines is 1. The summed E-state index contributed by atoms with van der Waals surface area (Å²) in [5.74, 6) is 1.40. The van der Waals surface area contributed by atoms with Crippen molar-refractivity contribution in [3.05, 3.63) is 40.7 Å². The van der Waals surface area contributed by atoms with Crippen molar-refractivity contribution in [2.75, 3.05) is 14.2 Å². The van der Waals surface area contributed by atoms with Crippen molar-refractivity contribution < 1.29 is 14.3 Å². The molecule has 1 heterocycles. The normalized spacial score (nSPS) is 16.8. The molecule has 1 atom stereocenters. The lowest BCUT2D eigenvalue weighted by molar-refractivity contribution is -0.127. The van der Waals surface area contributed by atoms with Crippen molar-refractivity contribution in [3.63, 3.8) is 0 Å². The lowest BCUT2D eigenvalue weighted by atomic mass is 9.77. The highest BCUT2D eigenvalue weighted by Crippen LogP contribution is 2.44. The van der Waals surface area contributed by atoms with Gasteiger partial charge in [0.05, 0.1) is 31.4 Å². The van der Waals surface area contributed by atoms with Gasteiger partial charge in [-0.25, -0.2) is 0 Å². The van der Waals surface area contributed by atoms with E-state index in [0.29, 0.717) is 11.5 Å². The van der Waals surface area contributed by atoms with Crippen LogP contribution in [0.3, 0.4) is 0 Å². The van der Waals surface area contributed by atoms with Gasteiger partial charge in [-0.15, -0.1) is 0 Å². The topological polar surface area (TPSA) is 76.2 Å². The number of carbonyl (C=O) groups is 1. The number of nitrogens with zero attached hydrogens (tertiary/aromatic N) is 1. The van der Waals surface area contributed by atoms with Crippen LogP contribution in [0.15, 0.2) is 18.2 Å². The summed E-state index contributed by atoms with van der Waals surface area (Å²) < 4.78 is 10.8. The molecule has 0 unspecified atom stereocenters. The highest BCUT2D eigenvalue weighted by atomic mass is 16.5. The van der Waals surface area contributed by atoms with Gasteiger partial charge in [-0.1, -0.05) is 18.9 Å². The fourth-order valence-electron chi connectivity index (χ4n) is 4.36. The highest BCUT2D eigenvalue weighted by Gasteiger charge is 2.43. The molecule has 1 aromatic carbocycles. The average Bonchev–Trinajstić information content (AvgIpc) is 3.28. The SMILES string of the molecule is COc1ccc(C2(C(=O)N[C@@H](C)c3c(C)n[nH]c3C)CCCC2)cc1OC. The summed E-state index contributed by atoms with van der Waals surface area (Å²) in [4.78, 5) is 13.4. The maximum Gasteiger partial charge on any atom is 0.231 e. The Hall–Kier alpha value is -2.50. The number of rotatable bonds is 6. The number of hydrogen-bond donors (Lipinski definition) is 2. The second kappa shape index (κ2) is 7.62. The summed E-state index contributed by atoms with van der Waals surface area (Å²) in [6, 6.07) is 5.72. The van der Waals surface area contributed by atoms with Gasteiger partial charge in [0.15, 0.2) is 11.5 Å². The van der Waals surface area contributed by atoms with Gasteiger partial charge in [0.2, 0.25) is 5.91 Å². The summed E-state index contributed by atoms with van der Waals surface area (Å²) in [5, 5.41) is 10.5. The first-order valence-corrected chi connectivity index (χ1v) is 9.48. The van der Waals surface area contributed by atoms with E-state index in [0.717, 1.165) is 48.2 Å². The molecule has 3 rings (SSSR count). The number of benzene rings is 1. The van der Waals surface area contributed by atoms with Crippen LogP contribution in [0, 0.1) is 13.8 Å². The van der Waals surface area contributed by atoms with Crippen LogP contribution in [0.1, 0.15) is 61.2 Å². The minimum Gasteiger partial charge on any atom is -0.493 e. The van der Waals surface area contributed by atoms with Crippen LogP contribution in [-0.4, -0.2) is 30.3 Å². The number of nitrogens with one attached hydrogen (secondary N) is 2. The molecule has 146 valence electrons. The Bertz CT molecular complexity index is 803. The first-order valence-electron chi connectivity index (χ1n) is 9.48. The molecule has 2 N–H and O–H groups in total. The zero-order valence-electron chi connectivity index (χ0n) is 16.8. The maximum atomic E-state index is 13.4. The number of aromatic nitrogens is 2. The average molecular weight is 371 g/mol. The molecule has 1 aliphatic carbocycles. The predicted octanol–water partition coefficient (Wildman–Crippen LogP) is 3.73. The Kier molecular flexibility index (Phi) is 5.44. The molecule has 1 aromatic heterocycles. The number of ether oxygens (including phenoxy) is 2. The van der Waals surface area contributed by atoms with E-state index in [4.69, 9.17) is 9.47 Å². The van der Waals surface area contributed by atoms with Crippen LogP contribution in [0.4, 0.5) is 0 Å². The summed E-state index contributed by atoms with van der Waals surface area (Å²) in [5.41, 5.74) is 3.44. The van der Waals surface area contributed by atoms with E-state index in [1.54, 1.807) is 14.2 Å². The van der Waals surface area contributed by atoms with Crippen LogP contribution in [0.5, 0.6) is 11.5 Å². The second-order valence-electron chi connectivity index (χ2n) is 7.40. The van der Waals surface area contributed by atoms with Crippen molar-refractivity contribution in [3.8, 4) is 11.5 Å². The third kappa shape index (κ3) is 3.40. The zero-order chi connectivity index (χ0) is 19.6. The first kappa shape index (κ1) is 19.3. The fourth-order valence-corrected chi connectivity index (χ4v) is 4.36. The second-order valence-corrected chi connectivity index (χ2v) is 7.40. The number of amides is 1. The summed E-state index contributed by atoms with van der Waals surface area (Å²) in [7, 11) is 3.24. The molecule has 0 radical (unpaired) electrons. The molecule has 6 nitrogen and oxygen atoms in total. The van der Waals surface area contributed by atoms with Crippen molar-refractivity contribution in [1.82, 2.24) is 15.5 Å². The molecule has 0 aliphatic heterocycles. The molecule has 1 amide bonds. The van der Waals surface area contributed by atoms with Crippen LogP contribution in [0.25, 0.3) is 0 Å². The van der Waals surface area contributed by atoms with Crippen LogP contribution >= 0.6 is 0 Å². The van der Waals surface area contributed by atoms with Gasteiger partial charge in [-0.2, -0.15) is 5.10 Å². The molecular weight excluding hydrogens is 342 g/mol. The minimum atomic E-state index is -0.528. The number of hydrogen-bond acceptors (Lipinski definition) is 4. The Labute approximate surface area is 160 Å². The number of carbonyl (C=O) groups excluding carboxylic acids is 1. The van der Waals surface area contributed by atoms with Gasteiger partial charge in [0.25, 0.3) is 0 Å². The summed E-state index contributed by atoms with van der Waals surface area (Å²) >= 11 is 0. The summed E-state index contributed by atoms with van der Waals surface area (Å²) in [6.45, 7) is 5.96. The monoisotopic (exact) mass is 371 g/mol. The Balaban J connectivity index is 1.92. The zero-order valence-corrected chi connectivity index (χ0v) is 16.8. The predicted molar refractivity (Wildman–Crippen MR) is 104 cm³/mol. The van der Waals surface area contributed by atoms with Crippen molar-refractivity contribution in [2.24, 2.45) is 0 Å². The number of H-pyrrole nitrogens is 1. The Morgan fingerprint density at radius 1 is 1.19 bits per heavy atom. The van der Waals surface area contributed by atoms with E-state index < -0.39 is 5.41 Å². The molecule has 0 saturated heterocycles. The van der Waals surface area contributed by atoms with Gasteiger partial charge in [-0.05, 0) is 51.3 Å². The third-order valence-electron chi connectivity index (χ3n) is 5.79. The quantitative estimate of drug-likeness (QED) is 0.811. The van der Waals surface area contributed by atoms with Gasteiger partial charge < -0.3 is 14.8 Å². The molecule has 1 saturated carbocycles. The maximum absolute atomic E-state index is 13.4. The largest absolute Gasteiger partial charge is 0.493 e. The van der Waals surface area contributed by atoms with Crippen LogP contribution in [-0.2, 0) is 10.2 Å². The standard InChI is InChI=1S/C21H29N3O3/c1-13(19-14(2)23-24-15(19)3)22-20(25)21(10-6-7-11-21)16-8-9-17(26-4)18(12-16)27-5/h8-9,12-13H,6-7,10-11H2,1-5H3,(H,22,25)(H,23,24)/t13-/m0/s1. The molecule has 1 aliphatic rings. The summed E-state index contributed by atoms with van der Waals surface area (Å²) in [6.07, 6.45) is 3.76. The molecule has 0 spiro atoms. The van der Waals surface area contributed by atoms with E-state index >= 15 is 0 Å². The van der Waals surface area contributed by atoms with E-state index in [1.807, 2.05) is 39.0 Å². The molecular formula is C21H29N3O3. The lowest BCUT2D eigenvalue weighted by Crippen LogP contribution is -2.43. The molecule has 0 bridgehead atoms. The van der Waals surface area contributed by atoms with Crippen molar-refractivity contribution >= 4 is 5.91 Å². The Morgan fingerprint density at radius 2 is 1.85 bits per heavy atom.